The lowest BCUT2D eigenvalue weighted by molar-refractivity contribution is 0.593. The SMILES string of the molecule is CCNCCCCS(=O)(=O)Nc1nc2c(s1)CCC2. The summed E-state index contributed by atoms with van der Waals surface area (Å²) in [6.45, 7) is 3.84. The monoisotopic (exact) mass is 303 g/mol. The Morgan fingerprint density at radius 1 is 1.32 bits per heavy atom. The maximum Gasteiger partial charge on any atom is 0.234 e. The van der Waals surface area contributed by atoms with Crippen LogP contribution in [0.25, 0.3) is 0 Å². The van der Waals surface area contributed by atoms with Gasteiger partial charge in [-0.2, -0.15) is 0 Å². The van der Waals surface area contributed by atoms with Gasteiger partial charge in [-0.15, -0.1) is 11.3 Å². The number of aryl methyl sites for hydroxylation is 2. The van der Waals surface area contributed by atoms with E-state index in [1.807, 2.05) is 6.92 Å². The van der Waals surface area contributed by atoms with Crippen molar-refractivity contribution in [2.24, 2.45) is 0 Å². The third-order valence-electron chi connectivity index (χ3n) is 3.11. The molecule has 0 atom stereocenters. The number of nitrogens with zero attached hydrogens (tertiary/aromatic N) is 1. The molecule has 108 valence electrons. The summed E-state index contributed by atoms with van der Waals surface area (Å²) in [6, 6.07) is 0. The number of nitrogens with one attached hydrogen (secondary N) is 2. The van der Waals surface area contributed by atoms with Gasteiger partial charge in [-0.25, -0.2) is 13.4 Å². The van der Waals surface area contributed by atoms with Crippen LogP contribution in [-0.2, 0) is 22.9 Å². The summed E-state index contributed by atoms with van der Waals surface area (Å²) in [5.41, 5.74) is 1.08. The molecule has 0 aromatic carbocycles. The van der Waals surface area contributed by atoms with E-state index in [1.165, 1.54) is 16.2 Å². The minimum atomic E-state index is -3.24. The van der Waals surface area contributed by atoms with Gasteiger partial charge in [0.1, 0.15) is 0 Å². The third-order valence-corrected chi connectivity index (χ3v) is 5.64. The van der Waals surface area contributed by atoms with Gasteiger partial charge >= 0.3 is 0 Å². The molecule has 0 amide bonds. The highest BCUT2D eigenvalue weighted by Crippen LogP contribution is 2.30. The van der Waals surface area contributed by atoms with E-state index in [0.29, 0.717) is 11.6 Å². The molecule has 0 spiro atoms. The minimum absolute atomic E-state index is 0.169. The molecule has 1 aromatic rings. The maximum absolute atomic E-state index is 11.9. The Morgan fingerprint density at radius 2 is 2.16 bits per heavy atom. The highest BCUT2D eigenvalue weighted by Gasteiger charge is 2.19. The number of hydrogen-bond acceptors (Lipinski definition) is 5. The van der Waals surface area contributed by atoms with E-state index in [-0.39, 0.29) is 5.75 Å². The van der Waals surface area contributed by atoms with Crippen molar-refractivity contribution in [2.45, 2.75) is 39.0 Å². The van der Waals surface area contributed by atoms with Crippen molar-refractivity contribution in [2.75, 3.05) is 23.6 Å². The van der Waals surface area contributed by atoms with Gasteiger partial charge in [-0.05, 0) is 45.2 Å². The van der Waals surface area contributed by atoms with E-state index in [1.54, 1.807) is 0 Å². The average Bonchev–Trinajstić information content (AvgIpc) is 2.88. The molecule has 5 nitrogen and oxygen atoms in total. The van der Waals surface area contributed by atoms with Crippen LogP contribution in [0, 0.1) is 0 Å². The summed E-state index contributed by atoms with van der Waals surface area (Å²) < 4.78 is 26.4. The highest BCUT2D eigenvalue weighted by molar-refractivity contribution is 7.92. The Morgan fingerprint density at radius 3 is 2.89 bits per heavy atom. The average molecular weight is 303 g/mol. The van der Waals surface area contributed by atoms with Crippen LogP contribution in [0.2, 0.25) is 0 Å². The summed E-state index contributed by atoms with van der Waals surface area (Å²) in [4.78, 5) is 5.59. The van der Waals surface area contributed by atoms with Crippen molar-refractivity contribution in [3.63, 3.8) is 0 Å². The predicted octanol–water partition coefficient (Wildman–Crippen LogP) is 1.76. The molecule has 0 fully saturated rings. The minimum Gasteiger partial charge on any atom is -0.317 e. The largest absolute Gasteiger partial charge is 0.317 e. The standard InChI is InChI=1S/C12H21N3O2S2/c1-2-13-8-3-4-9-19(16,17)15-12-14-10-6-5-7-11(10)18-12/h13H,2-9H2,1H3,(H,14,15). The molecular formula is C12H21N3O2S2. The fourth-order valence-corrected chi connectivity index (χ4v) is 4.58. The zero-order valence-corrected chi connectivity index (χ0v) is 12.9. The first-order chi connectivity index (χ1) is 9.11. The number of aromatic nitrogens is 1. The molecule has 19 heavy (non-hydrogen) atoms. The molecule has 0 radical (unpaired) electrons. The smallest absolute Gasteiger partial charge is 0.234 e. The molecule has 0 saturated heterocycles. The van der Waals surface area contributed by atoms with Gasteiger partial charge in [-0.1, -0.05) is 6.92 Å². The van der Waals surface area contributed by atoms with Gasteiger partial charge in [-0.3, -0.25) is 4.72 Å². The van der Waals surface area contributed by atoms with Gasteiger partial charge in [0.05, 0.1) is 11.4 Å². The molecule has 1 aliphatic carbocycles. The Labute approximate surface area is 118 Å². The zero-order valence-electron chi connectivity index (χ0n) is 11.2. The van der Waals surface area contributed by atoms with Crippen LogP contribution in [0.1, 0.15) is 36.8 Å². The molecule has 0 aliphatic heterocycles. The van der Waals surface area contributed by atoms with Crippen LogP contribution in [0.4, 0.5) is 5.13 Å². The second-order valence-electron chi connectivity index (χ2n) is 4.72. The fourth-order valence-electron chi connectivity index (χ4n) is 2.14. The van der Waals surface area contributed by atoms with E-state index in [0.717, 1.165) is 44.5 Å². The van der Waals surface area contributed by atoms with Crippen molar-refractivity contribution < 1.29 is 8.42 Å². The summed E-state index contributed by atoms with van der Waals surface area (Å²) in [5.74, 6) is 0.169. The van der Waals surface area contributed by atoms with Crippen molar-refractivity contribution >= 4 is 26.5 Å². The Hall–Kier alpha value is -0.660. The lowest BCUT2D eigenvalue weighted by Crippen LogP contribution is -2.19. The van der Waals surface area contributed by atoms with Gasteiger partial charge < -0.3 is 5.32 Å². The number of thiazole rings is 1. The van der Waals surface area contributed by atoms with E-state index in [9.17, 15) is 8.42 Å². The number of hydrogen-bond donors (Lipinski definition) is 2. The second kappa shape index (κ2) is 6.67. The normalized spacial score (nSPS) is 14.6. The summed E-state index contributed by atoms with van der Waals surface area (Å²) >= 11 is 1.48. The Balaban J connectivity index is 1.79. The van der Waals surface area contributed by atoms with Crippen LogP contribution < -0.4 is 10.0 Å². The number of fused-ring (bicyclic) bond motifs is 1. The predicted molar refractivity (Wildman–Crippen MR) is 79.3 cm³/mol. The molecule has 1 heterocycles. The van der Waals surface area contributed by atoms with Crippen LogP contribution in [0.15, 0.2) is 0 Å². The quantitative estimate of drug-likeness (QED) is 0.718. The van der Waals surface area contributed by atoms with Crippen molar-refractivity contribution in [3.8, 4) is 0 Å². The van der Waals surface area contributed by atoms with E-state index >= 15 is 0 Å². The number of sulfonamides is 1. The Bertz CT molecular complexity index is 490. The molecule has 0 saturated carbocycles. The van der Waals surface area contributed by atoms with Crippen molar-refractivity contribution in [1.29, 1.82) is 0 Å². The number of anilines is 1. The fraction of sp³-hybridized carbons (Fsp3) is 0.750. The molecule has 7 heteroatoms. The van der Waals surface area contributed by atoms with E-state index in [4.69, 9.17) is 0 Å². The summed E-state index contributed by atoms with van der Waals surface area (Å²) in [6.07, 6.45) is 4.72. The van der Waals surface area contributed by atoms with E-state index in [2.05, 4.69) is 15.0 Å². The molecule has 0 bridgehead atoms. The summed E-state index contributed by atoms with van der Waals surface area (Å²) in [5, 5.41) is 3.72. The lowest BCUT2D eigenvalue weighted by Gasteiger charge is -2.05. The van der Waals surface area contributed by atoms with Gasteiger partial charge in [0.2, 0.25) is 10.0 Å². The van der Waals surface area contributed by atoms with Crippen molar-refractivity contribution in [3.05, 3.63) is 10.6 Å². The zero-order chi connectivity index (χ0) is 13.7. The second-order valence-corrected chi connectivity index (χ2v) is 7.65. The number of unbranched alkanes of at least 4 members (excludes halogenated alkanes) is 1. The van der Waals surface area contributed by atoms with Crippen LogP contribution in [-0.4, -0.2) is 32.2 Å². The molecule has 2 rings (SSSR count). The third kappa shape index (κ3) is 4.43. The first kappa shape index (κ1) is 14.7. The maximum atomic E-state index is 11.9. The van der Waals surface area contributed by atoms with Crippen LogP contribution in [0.5, 0.6) is 0 Å². The number of rotatable bonds is 8. The van der Waals surface area contributed by atoms with Gasteiger partial charge in [0.25, 0.3) is 0 Å². The topological polar surface area (TPSA) is 71.1 Å². The summed E-state index contributed by atoms with van der Waals surface area (Å²) in [7, 11) is -3.24. The molecular weight excluding hydrogens is 282 g/mol. The van der Waals surface area contributed by atoms with E-state index < -0.39 is 10.0 Å². The Kier molecular flexibility index (Phi) is 5.18. The van der Waals surface area contributed by atoms with Crippen LogP contribution in [0.3, 0.4) is 0 Å². The highest BCUT2D eigenvalue weighted by atomic mass is 32.2. The first-order valence-electron chi connectivity index (χ1n) is 6.80. The lowest BCUT2D eigenvalue weighted by atomic mass is 10.3. The van der Waals surface area contributed by atoms with Crippen LogP contribution >= 0.6 is 11.3 Å². The van der Waals surface area contributed by atoms with Gasteiger partial charge in [0.15, 0.2) is 5.13 Å². The van der Waals surface area contributed by atoms with Crippen molar-refractivity contribution in [1.82, 2.24) is 10.3 Å². The first-order valence-corrected chi connectivity index (χ1v) is 9.27. The molecule has 2 N–H and O–H groups in total. The molecule has 1 aromatic heterocycles. The van der Waals surface area contributed by atoms with Gasteiger partial charge in [0, 0.05) is 4.88 Å². The molecule has 1 aliphatic rings. The molecule has 0 unspecified atom stereocenters.